The molecule has 0 radical (unpaired) electrons. The van der Waals surface area contributed by atoms with Gasteiger partial charge in [0.25, 0.3) is 5.69 Å². The van der Waals surface area contributed by atoms with Crippen LogP contribution in [0.5, 0.6) is 0 Å². The second kappa shape index (κ2) is 6.79. The number of nitrogens with zero attached hydrogens (tertiary/aromatic N) is 1. The van der Waals surface area contributed by atoms with E-state index >= 15 is 0 Å². The molecular formula is C11H10ClF3N2O5. The maximum absolute atomic E-state index is 12.7. The zero-order valence-corrected chi connectivity index (χ0v) is 11.7. The molecule has 122 valence electrons. The van der Waals surface area contributed by atoms with E-state index in [2.05, 4.69) is 10.1 Å². The van der Waals surface area contributed by atoms with Crippen LogP contribution in [0.2, 0.25) is 5.02 Å². The van der Waals surface area contributed by atoms with Crippen molar-refractivity contribution in [3.05, 3.63) is 32.8 Å². The van der Waals surface area contributed by atoms with Gasteiger partial charge in [-0.3, -0.25) is 10.1 Å². The molecule has 2 N–H and O–H groups in total. The standard InChI is InChI=1S/C11H10ClF3N2O5/c1-22-10(19)8(4-18)16-7-3-6(12)5(11(13,14)15)2-9(7)17(20)21/h2-3,8,16,18H,4H2,1H3/t8-/m1/s1. The van der Waals surface area contributed by atoms with E-state index < -0.39 is 51.7 Å². The van der Waals surface area contributed by atoms with Crippen LogP contribution in [0.15, 0.2) is 12.1 Å². The first-order chi connectivity index (χ1) is 10.1. The van der Waals surface area contributed by atoms with Gasteiger partial charge in [0.2, 0.25) is 0 Å². The molecule has 0 amide bonds. The van der Waals surface area contributed by atoms with E-state index in [4.69, 9.17) is 16.7 Å². The Bertz CT molecular complexity index is 594. The lowest BCUT2D eigenvalue weighted by atomic mass is 10.1. The summed E-state index contributed by atoms with van der Waals surface area (Å²) in [4.78, 5) is 21.1. The van der Waals surface area contributed by atoms with Crippen molar-refractivity contribution in [1.82, 2.24) is 0 Å². The molecule has 0 saturated heterocycles. The van der Waals surface area contributed by atoms with Crippen LogP contribution in [0, 0.1) is 10.1 Å². The lowest BCUT2D eigenvalue weighted by Crippen LogP contribution is -2.34. The molecule has 0 bridgehead atoms. The maximum Gasteiger partial charge on any atom is 0.418 e. The van der Waals surface area contributed by atoms with Crippen molar-refractivity contribution in [3.8, 4) is 0 Å². The van der Waals surface area contributed by atoms with Crippen LogP contribution < -0.4 is 5.32 Å². The number of hydrogen-bond acceptors (Lipinski definition) is 6. The number of halogens is 4. The Morgan fingerprint density at radius 3 is 2.55 bits per heavy atom. The average molecular weight is 343 g/mol. The van der Waals surface area contributed by atoms with Gasteiger partial charge >= 0.3 is 12.1 Å². The minimum Gasteiger partial charge on any atom is -0.467 e. The molecule has 0 saturated carbocycles. The summed E-state index contributed by atoms with van der Waals surface area (Å²) in [6, 6.07) is -0.485. The first kappa shape index (κ1) is 18.0. The van der Waals surface area contributed by atoms with E-state index in [1.54, 1.807) is 0 Å². The van der Waals surface area contributed by atoms with E-state index in [1.165, 1.54) is 0 Å². The van der Waals surface area contributed by atoms with Crippen LogP contribution in [0.1, 0.15) is 5.56 Å². The molecule has 1 aromatic rings. The van der Waals surface area contributed by atoms with Gasteiger partial charge in [-0.25, -0.2) is 4.79 Å². The summed E-state index contributed by atoms with van der Waals surface area (Å²) in [6.45, 7) is -0.789. The fourth-order valence-electron chi connectivity index (χ4n) is 1.55. The molecule has 11 heteroatoms. The van der Waals surface area contributed by atoms with Crippen LogP contribution in [-0.4, -0.2) is 35.8 Å². The Balaban J connectivity index is 3.33. The molecule has 1 atom stereocenters. The Morgan fingerprint density at radius 1 is 1.55 bits per heavy atom. The van der Waals surface area contributed by atoms with Crippen molar-refractivity contribution < 1.29 is 32.7 Å². The van der Waals surface area contributed by atoms with Gasteiger partial charge in [0.05, 0.1) is 29.2 Å². The van der Waals surface area contributed by atoms with Crippen molar-refractivity contribution >= 4 is 28.9 Å². The topological polar surface area (TPSA) is 102 Å². The summed E-state index contributed by atoms with van der Waals surface area (Å²) in [5, 5.41) is 21.4. The van der Waals surface area contributed by atoms with Crippen molar-refractivity contribution in [2.45, 2.75) is 12.2 Å². The van der Waals surface area contributed by atoms with Crippen molar-refractivity contribution in [2.75, 3.05) is 19.0 Å². The first-order valence-electron chi connectivity index (χ1n) is 5.62. The number of hydrogen-bond donors (Lipinski definition) is 2. The third-order valence-corrected chi connectivity index (χ3v) is 2.90. The number of nitrogens with one attached hydrogen (secondary N) is 1. The Hall–Kier alpha value is -2.07. The zero-order valence-electron chi connectivity index (χ0n) is 11.0. The Labute approximate surface area is 126 Å². The van der Waals surface area contributed by atoms with Crippen molar-refractivity contribution in [1.29, 1.82) is 0 Å². The molecule has 22 heavy (non-hydrogen) atoms. The average Bonchev–Trinajstić information content (AvgIpc) is 2.42. The summed E-state index contributed by atoms with van der Waals surface area (Å²) in [7, 11) is 1.01. The SMILES string of the molecule is COC(=O)[C@@H](CO)Nc1cc(Cl)c(C(F)(F)F)cc1[N+](=O)[O-]. The van der Waals surface area contributed by atoms with Gasteiger partial charge in [-0.2, -0.15) is 13.2 Å². The molecule has 1 aromatic carbocycles. The monoisotopic (exact) mass is 342 g/mol. The highest BCUT2D eigenvalue weighted by molar-refractivity contribution is 6.31. The van der Waals surface area contributed by atoms with Gasteiger partial charge in [-0.15, -0.1) is 0 Å². The van der Waals surface area contributed by atoms with Crippen molar-refractivity contribution in [2.24, 2.45) is 0 Å². The van der Waals surface area contributed by atoms with E-state index in [9.17, 15) is 28.1 Å². The highest BCUT2D eigenvalue weighted by Crippen LogP contribution is 2.40. The molecular weight excluding hydrogens is 333 g/mol. The quantitative estimate of drug-likeness (QED) is 0.483. The van der Waals surface area contributed by atoms with E-state index in [-0.39, 0.29) is 6.07 Å². The minimum atomic E-state index is -4.88. The predicted octanol–water partition coefficient (Wildman–Crippen LogP) is 2.21. The number of alkyl halides is 3. The molecule has 0 unspecified atom stereocenters. The number of benzene rings is 1. The maximum atomic E-state index is 12.7. The normalized spacial score (nSPS) is 12.6. The summed E-state index contributed by atoms with van der Waals surface area (Å²) in [5.41, 5.74) is -2.78. The molecule has 0 spiro atoms. The molecule has 1 rings (SSSR count). The van der Waals surface area contributed by atoms with E-state index in [0.717, 1.165) is 7.11 Å². The van der Waals surface area contributed by atoms with Gasteiger partial charge in [0.1, 0.15) is 11.7 Å². The number of ether oxygens (including phenoxy) is 1. The third-order valence-electron chi connectivity index (χ3n) is 2.59. The number of rotatable bonds is 5. The summed E-state index contributed by atoms with van der Waals surface area (Å²) in [5.74, 6) is -0.951. The largest absolute Gasteiger partial charge is 0.467 e. The lowest BCUT2D eigenvalue weighted by Gasteiger charge is -2.17. The number of carbonyl (C=O) groups excluding carboxylic acids is 1. The molecule has 0 aliphatic carbocycles. The lowest BCUT2D eigenvalue weighted by molar-refractivity contribution is -0.384. The number of nitro benzene ring substituents is 1. The minimum absolute atomic E-state index is 0.246. The molecule has 7 nitrogen and oxygen atoms in total. The molecule has 0 aromatic heterocycles. The Kier molecular flexibility index (Phi) is 5.55. The predicted molar refractivity (Wildman–Crippen MR) is 69.6 cm³/mol. The van der Waals surface area contributed by atoms with E-state index in [1.807, 2.05) is 0 Å². The molecule has 0 fully saturated rings. The highest BCUT2D eigenvalue weighted by Gasteiger charge is 2.36. The highest BCUT2D eigenvalue weighted by atomic mass is 35.5. The number of aliphatic hydroxyl groups excluding tert-OH is 1. The number of esters is 1. The fourth-order valence-corrected chi connectivity index (χ4v) is 1.83. The van der Waals surface area contributed by atoms with Crippen molar-refractivity contribution in [3.63, 3.8) is 0 Å². The number of nitro groups is 1. The van der Waals surface area contributed by atoms with Crippen LogP contribution in [0.4, 0.5) is 24.5 Å². The Morgan fingerprint density at radius 2 is 2.14 bits per heavy atom. The van der Waals surface area contributed by atoms with Crippen LogP contribution in [-0.2, 0) is 15.7 Å². The molecule has 0 aliphatic rings. The molecule has 0 aliphatic heterocycles. The number of methoxy groups -OCH3 is 1. The van der Waals surface area contributed by atoms with Gasteiger partial charge < -0.3 is 15.2 Å². The van der Waals surface area contributed by atoms with Gasteiger partial charge in [0.15, 0.2) is 0 Å². The zero-order chi connectivity index (χ0) is 17.1. The second-order valence-electron chi connectivity index (χ2n) is 4.01. The number of anilines is 1. The van der Waals surface area contributed by atoms with Crippen LogP contribution in [0.25, 0.3) is 0 Å². The fraction of sp³-hybridized carbons (Fsp3) is 0.364. The smallest absolute Gasteiger partial charge is 0.418 e. The first-order valence-corrected chi connectivity index (χ1v) is 6.00. The van der Waals surface area contributed by atoms with Gasteiger partial charge in [-0.05, 0) is 6.07 Å². The summed E-state index contributed by atoms with van der Waals surface area (Å²) in [6.07, 6.45) is -4.88. The summed E-state index contributed by atoms with van der Waals surface area (Å²) >= 11 is 5.47. The second-order valence-corrected chi connectivity index (χ2v) is 4.41. The number of carbonyl (C=O) groups is 1. The van der Waals surface area contributed by atoms with Gasteiger partial charge in [-0.1, -0.05) is 11.6 Å². The van der Waals surface area contributed by atoms with Crippen LogP contribution >= 0.6 is 11.6 Å². The molecule has 0 heterocycles. The van der Waals surface area contributed by atoms with Crippen LogP contribution in [0.3, 0.4) is 0 Å². The number of aliphatic hydroxyl groups is 1. The van der Waals surface area contributed by atoms with Gasteiger partial charge in [0, 0.05) is 6.07 Å². The summed E-state index contributed by atoms with van der Waals surface area (Å²) < 4.78 is 42.4. The third kappa shape index (κ3) is 3.98. The van der Waals surface area contributed by atoms with E-state index in [0.29, 0.717) is 6.07 Å².